The SMILES string of the molecule is CC.CC.CC.CC.c1cc2nc3ccc([nH]3)[nH]c3ccc([nH]c4ccc(nc1[nH]2)[nH]4)[nH]3. The normalized spacial score (nSPS) is 9.25. The van der Waals surface area contributed by atoms with E-state index < -0.39 is 0 Å². The molecule has 32 heavy (non-hydrogen) atoms. The van der Waals surface area contributed by atoms with Gasteiger partial charge in [0.1, 0.15) is 45.2 Å². The van der Waals surface area contributed by atoms with Crippen LogP contribution < -0.4 is 0 Å². The van der Waals surface area contributed by atoms with E-state index in [2.05, 4.69) is 39.9 Å². The maximum absolute atomic E-state index is 4.53. The molecule has 0 spiro atoms. The highest BCUT2D eigenvalue weighted by atomic mass is 15.0. The molecular formula is C24H38N8. The van der Waals surface area contributed by atoms with Gasteiger partial charge in [0.25, 0.3) is 0 Å². The molecule has 5 rings (SSSR count). The van der Waals surface area contributed by atoms with Crippen LogP contribution in [-0.4, -0.2) is 39.9 Å². The molecule has 0 saturated carbocycles. The number of fused-ring (bicyclic) bond motifs is 8. The molecule has 8 bridgehead atoms. The van der Waals surface area contributed by atoms with Crippen molar-refractivity contribution in [2.45, 2.75) is 55.4 Å². The molecule has 0 aliphatic rings. The van der Waals surface area contributed by atoms with E-state index in [9.17, 15) is 0 Å². The average Bonchev–Trinajstić information content (AvgIpc) is 3.65. The van der Waals surface area contributed by atoms with Crippen LogP contribution in [0.4, 0.5) is 0 Å². The van der Waals surface area contributed by atoms with Crippen molar-refractivity contribution in [2.75, 3.05) is 0 Å². The summed E-state index contributed by atoms with van der Waals surface area (Å²) in [5.41, 5.74) is 6.44. The van der Waals surface area contributed by atoms with Gasteiger partial charge in [0, 0.05) is 0 Å². The molecule has 0 radical (unpaired) electrons. The third-order valence-electron chi connectivity index (χ3n) is 3.70. The van der Waals surface area contributed by atoms with E-state index >= 15 is 0 Å². The zero-order chi connectivity index (χ0) is 23.9. The molecule has 0 fully saturated rings. The molecule has 0 amide bonds. The number of aromatic amines is 6. The predicted molar refractivity (Wildman–Crippen MR) is 139 cm³/mol. The third-order valence-corrected chi connectivity index (χ3v) is 3.70. The highest BCUT2D eigenvalue weighted by Crippen LogP contribution is 2.06. The van der Waals surface area contributed by atoms with E-state index in [0.717, 1.165) is 45.2 Å². The van der Waals surface area contributed by atoms with Crippen LogP contribution in [0.1, 0.15) is 55.4 Å². The second kappa shape index (κ2) is 14.3. The molecule has 174 valence electrons. The van der Waals surface area contributed by atoms with Crippen LogP contribution in [0.5, 0.6) is 0 Å². The smallest absolute Gasteiger partial charge is 0.134 e. The number of H-pyrrole nitrogens is 6. The lowest BCUT2D eigenvalue weighted by atomic mass is 10.6. The topological polar surface area (TPSA) is 121 Å². The van der Waals surface area contributed by atoms with E-state index in [-0.39, 0.29) is 0 Å². The second-order valence-electron chi connectivity index (χ2n) is 5.50. The summed E-state index contributed by atoms with van der Waals surface area (Å²) in [6, 6.07) is 15.4. The molecule has 8 heteroatoms. The van der Waals surface area contributed by atoms with Crippen LogP contribution in [0.15, 0.2) is 48.5 Å². The van der Waals surface area contributed by atoms with Gasteiger partial charge in [-0.2, -0.15) is 0 Å². The molecule has 0 aliphatic heterocycles. The van der Waals surface area contributed by atoms with Crippen molar-refractivity contribution in [1.82, 2.24) is 39.9 Å². The number of aromatic nitrogens is 8. The van der Waals surface area contributed by atoms with E-state index in [0.29, 0.717) is 0 Å². The van der Waals surface area contributed by atoms with E-state index in [1.54, 1.807) is 0 Å². The lowest BCUT2D eigenvalue weighted by Gasteiger charge is -1.85. The molecule has 0 atom stereocenters. The minimum atomic E-state index is 0.737. The van der Waals surface area contributed by atoms with Gasteiger partial charge in [0.2, 0.25) is 0 Å². The Balaban J connectivity index is 0.000000581. The lowest BCUT2D eigenvalue weighted by Crippen LogP contribution is -1.78. The number of rotatable bonds is 0. The van der Waals surface area contributed by atoms with Gasteiger partial charge in [-0.15, -0.1) is 0 Å². The summed E-state index contributed by atoms with van der Waals surface area (Å²) in [5.74, 6) is 0. The standard InChI is InChI=1S/C16H14N8.4C2H6/c1-2-10-17-9(1)21-11-3-4-13(18-11)23-15-7-8-16(20-15)24-14-6-5-12(19-14)22-10;4*1-2/h1-8,17-19,21-22H,(H,20,23,24);4*1-2H3. The largest absolute Gasteiger partial charge is 0.328 e. The summed E-state index contributed by atoms with van der Waals surface area (Å²) in [4.78, 5) is 28.5. The van der Waals surface area contributed by atoms with E-state index in [1.807, 2.05) is 104 Å². The molecule has 0 aromatic carbocycles. The summed E-state index contributed by atoms with van der Waals surface area (Å²) in [7, 11) is 0. The number of hydrogen-bond donors (Lipinski definition) is 6. The fourth-order valence-corrected chi connectivity index (χ4v) is 2.64. The lowest BCUT2D eigenvalue weighted by molar-refractivity contribution is 1.27. The number of nitrogens with zero attached hydrogens (tertiary/aromatic N) is 2. The number of hydrogen-bond acceptors (Lipinski definition) is 2. The van der Waals surface area contributed by atoms with Crippen LogP contribution in [0, 0.1) is 0 Å². The van der Waals surface area contributed by atoms with Crippen molar-refractivity contribution < 1.29 is 0 Å². The van der Waals surface area contributed by atoms with Crippen molar-refractivity contribution >= 4 is 45.2 Å². The molecule has 5 heterocycles. The maximum atomic E-state index is 4.53. The van der Waals surface area contributed by atoms with Crippen molar-refractivity contribution in [2.24, 2.45) is 0 Å². The minimum Gasteiger partial charge on any atom is -0.328 e. The van der Waals surface area contributed by atoms with Crippen molar-refractivity contribution in [3.05, 3.63) is 48.5 Å². The summed E-state index contributed by atoms with van der Waals surface area (Å²) < 4.78 is 0. The molecule has 5 aromatic heterocycles. The van der Waals surface area contributed by atoms with Gasteiger partial charge < -0.3 is 29.9 Å². The van der Waals surface area contributed by atoms with Crippen LogP contribution in [-0.2, 0) is 0 Å². The monoisotopic (exact) mass is 438 g/mol. The number of nitrogens with one attached hydrogen (secondary N) is 6. The fraction of sp³-hybridized carbons (Fsp3) is 0.333. The first-order chi connectivity index (χ1) is 15.8. The Morgan fingerprint density at radius 3 is 0.969 bits per heavy atom. The first-order valence-electron chi connectivity index (χ1n) is 11.5. The quantitative estimate of drug-likeness (QED) is 0.151. The molecule has 8 nitrogen and oxygen atoms in total. The Bertz CT molecular complexity index is 990. The third kappa shape index (κ3) is 7.23. The molecular weight excluding hydrogens is 400 g/mol. The van der Waals surface area contributed by atoms with Gasteiger partial charge in [-0.25, -0.2) is 9.97 Å². The highest BCUT2D eigenvalue weighted by Gasteiger charge is 1.94. The van der Waals surface area contributed by atoms with Gasteiger partial charge in [-0.05, 0) is 48.5 Å². The summed E-state index contributed by atoms with van der Waals surface area (Å²) >= 11 is 0. The van der Waals surface area contributed by atoms with E-state index in [1.165, 1.54) is 0 Å². The molecule has 6 N–H and O–H groups in total. The summed E-state index contributed by atoms with van der Waals surface area (Å²) in [6.07, 6.45) is 0. The Hall–Kier alpha value is -3.68. The van der Waals surface area contributed by atoms with Gasteiger partial charge in [-0.1, -0.05) is 55.4 Å². The highest BCUT2D eigenvalue weighted by molar-refractivity contribution is 5.62. The first-order valence-corrected chi connectivity index (χ1v) is 11.5. The van der Waals surface area contributed by atoms with Crippen LogP contribution >= 0.6 is 0 Å². The van der Waals surface area contributed by atoms with Crippen LogP contribution in [0.25, 0.3) is 45.2 Å². The zero-order valence-electron chi connectivity index (χ0n) is 20.5. The molecule has 0 unspecified atom stereocenters. The van der Waals surface area contributed by atoms with Gasteiger partial charge in [0.05, 0.1) is 0 Å². The zero-order valence-corrected chi connectivity index (χ0v) is 20.5. The van der Waals surface area contributed by atoms with Gasteiger partial charge in [-0.3, -0.25) is 0 Å². The predicted octanol–water partition coefficient (Wildman–Crippen LogP) is 7.41. The van der Waals surface area contributed by atoms with Gasteiger partial charge >= 0.3 is 0 Å². The van der Waals surface area contributed by atoms with Crippen molar-refractivity contribution in [1.29, 1.82) is 0 Å². The summed E-state index contributed by atoms with van der Waals surface area (Å²) in [5, 5.41) is 0. The summed E-state index contributed by atoms with van der Waals surface area (Å²) in [6.45, 7) is 16.0. The molecule has 0 aliphatic carbocycles. The van der Waals surface area contributed by atoms with Crippen LogP contribution in [0.2, 0.25) is 0 Å². The molecule has 0 saturated heterocycles. The van der Waals surface area contributed by atoms with Crippen LogP contribution in [0.3, 0.4) is 0 Å². The van der Waals surface area contributed by atoms with Crippen molar-refractivity contribution in [3.8, 4) is 0 Å². The maximum Gasteiger partial charge on any atom is 0.134 e. The average molecular weight is 439 g/mol. The van der Waals surface area contributed by atoms with Crippen molar-refractivity contribution in [3.63, 3.8) is 0 Å². The second-order valence-corrected chi connectivity index (χ2v) is 5.50. The first kappa shape index (κ1) is 26.4. The Kier molecular flexibility index (Phi) is 11.8. The molecule has 5 aromatic rings. The Morgan fingerprint density at radius 1 is 0.344 bits per heavy atom. The van der Waals surface area contributed by atoms with E-state index in [4.69, 9.17) is 0 Å². The fourth-order valence-electron chi connectivity index (χ4n) is 2.64. The Morgan fingerprint density at radius 2 is 0.594 bits per heavy atom. The Labute approximate surface area is 189 Å². The van der Waals surface area contributed by atoms with Gasteiger partial charge in [0.15, 0.2) is 0 Å². The minimum absolute atomic E-state index is 0.737.